The minimum Gasteiger partial charge on any atom is -0.481 e. The molecule has 0 saturated carbocycles. The van der Waals surface area contributed by atoms with E-state index < -0.39 is 49.2 Å². The molecule has 0 fully saturated rings. The topological polar surface area (TPSA) is 74.6 Å². The smallest absolute Gasteiger partial charge is 0.453 e. The first-order chi connectivity index (χ1) is 7.49. The van der Waals surface area contributed by atoms with E-state index in [1.54, 1.807) is 0 Å². The lowest BCUT2D eigenvalue weighted by molar-refractivity contribution is -0.284. The van der Waals surface area contributed by atoms with Crippen LogP contribution >= 0.6 is 0 Å². The van der Waals surface area contributed by atoms with Crippen LogP contribution in [0.1, 0.15) is 19.3 Å². The molecule has 0 atom stereocenters. The van der Waals surface area contributed by atoms with Gasteiger partial charge in [0.15, 0.2) is 5.92 Å². The third kappa shape index (κ3) is 4.53. The Balaban J connectivity index is 4.32. The van der Waals surface area contributed by atoms with E-state index in [1.165, 1.54) is 0 Å². The highest BCUT2D eigenvalue weighted by molar-refractivity contribution is 5.92. The van der Waals surface area contributed by atoms with Crippen molar-refractivity contribution in [3.8, 4) is 0 Å². The number of aliphatic carboxylic acids is 2. The van der Waals surface area contributed by atoms with Crippen molar-refractivity contribution in [3.05, 3.63) is 0 Å². The highest BCUT2D eigenvalue weighted by Gasteiger charge is 2.56. The summed E-state index contributed by atoms with van der Waals surface area (Å²) in [6, 6.07) is 0. The van der Waals surface area contributed by atoms with Gasteiger partial charge in [0, 0.05) is 6.42 Å². The average Bonchev–Trinajstić information content (AvgIpc) is 2.08. The summed E-state index contributed by atoms with van der Waals surface area (Å²) in [7, 11) is 0. The zero-order chi connectivity index (χ0) is 13.9. The van der Waals surface area contributed by atoms with Gasteiger partial charge in [-0.15, -0.1) is 0 Å². The van der Waals surface area contributed by atoms with Gasteiger partial charge in [-0.25, -0.2) is 0 Å². The largest absolute Gasteiger partial charge is 0.481 e. The molecule has 0 aliphatic heterocycles. The van der Waals surface area contributed by atoms with Crippen LogP contribution in [0.2, 0.25) is 0 Å². The van der Waals surface area contributed by atoms with Crippen LogP contribution in [-0.2, 0) is 9.59 Å². The number of alkyl halides is 5. The second-order valence-electron chi connectivity index (χ2n) is 3.32. The van der Waals surface area contributed by atoms with Gasteiger partial charge in [-0.2, -0.15) is 22.0 Å². The molecule has 2 N–H and O–H groups in total. The van der Waals surface area contributed by atoms with Gasteiger partial charge >= 0.3 is 24.0 Å². The third-order valence-corrected chi connectivity index (χ3v) is 1.99. The molecule has 0 unspecified atom stereocenters. The molecule has 0 amide bonds. The van der Waals surface area contributed by atoms with Crippen LogP contribution in [0.3, 0.4) is 0 Å². The Morgan fingerprint density at radius 2 is 1.41 bits per heavy atom. The van der Waals surface area contributed by atoms with Crippen molar-refractivity contribution in [2.45, 2.75) is 31.4 Å². The summed E-state index contributed by atoms with van der Waals surface area (Å²) in [4.78, 5) is 20.6. The maximum absolute atomic E-state index is 12.4. The lowest BCUT2D eigenvalue weighted by Gasteiger charge is -2.19. The first-order valence-corrected chi connectivity index (χ1v) is 4.39. The van der Waals surface area contributed by atoms with E-state index in [4.69, 9.17) is 10.2 Å². The Morgan fingerprint density at radius 3 is 1.71 bits per heavy atom. The zero-order valence-corrected chi connectivity index (χ0v) is 8.30. The maximum atomic E-state index is 12.4. The molecule has 9 heteroatoms. The highest BCUT2D eigenvalue weighted by Crippen LogP contribution is 2.39. The Morgan fingerprint density at radius 1 is 1.00 bits per heavy atom. The Kier molecular flexibility index (Phi) is 4.84. The average molecular weight is 264 g/mol. The van der Waals surface area contributed by atoms with E-state index in [-0.39, 0.29) is 0 Å². The summed E-state index contributed by atoms with van der Waals surface area (Å²) in [5.41, 5.74) is 0. The molecule has 0 aromatic carbocycles. The molecule has 100 valence electrons. The molecule has 0 aliphatic rings. The van der Waals surface area contributed by atoms with Crippen LogP contribution < -0.4 is 0 Å². The van der Waals surface area contributed by atoms with Crippen LogP contribution in [0.15, 0.2) is 0 Å². The molecule has 0 spiro atoms. The van der Waals surface area contributed by atoms with Crippen LogP contribution in [0.5, 0.6) is 0 Å². The van der Waals surface area contributed by atoms with Crippen molar-refractivity contribution in [1.29, 1.82) is 0 Å². The Labute approximate surface area is 92.0 Å². The number of rotatable bonds is 6. The number of hydrogen-bond acceptors (Lipinski definition) is 2. The van der Waals surface area contributed by atoms with Gasteiger partial charge in [0.25, 0.3) is 0 Å². The van der Waals surface area contributed by atoms with E-state index in [0.717, 1.165) is 0 Å². The fourth-order valence-electron chi connectivity index (χ4n) is 1.02. The van der Waals surface area contributed by atoms with Crippen LogP contribution in [-0.4, -0.2) is 34.3 Å². The lowest BCUT2D eigenvalue weighted by Crippen LogP contribution is -2.36. The molecule has 4 nitrogen and oxygen atoms in total. The van der Waals surface area contributed by atoms with Gasteiger partial charge in [0.1, 0.15) is 0 Å². The Hall–Kier alpha value is -1.41. The van der Waals surface area contributed by atoms with E-state index in [1.807, 2.05) is 0 Å². The fourth-order valence-corrected chi connectivity index (χ4v) is 1.02. The second kappa shape index (κ2) is 5.28. The molecule has 0 aliphatic carbocycles. The van der Waals surface area contributed by atoms with Crippen molar-refractivity contribution in [1.82, 2.24) is 0 Å². The fraction of sp³-hybridized carbons (Fsp3) is 0.750. The van der Waals surface area contributed by atoms with E-state index in [9.17, 15) is 31.5 Å². The van der Waals surface area contributed by atoms with Gasteiger partial charge in [0.2, 0.25) is 0 Å². The first kappa shape index (κ1) is 15.6. The van der Waals surface area contributed by atoms with Crippen LogP contribution in [0.25, 0.3) is 0 Å². The molecule has 0 bridgehead atoms. The van der Waals surface area contributed by atoms with Gasteiger partial charge in [0.05, 0.1) is 0 Å². The summed E-state index contributed by atoms with van der Waals surface area (Å²) < 4.78 is 59.8. The SMILES string of the molecule is O=C(O)C(CCCC(F)(F)C(F)(F)F)C(=O)O. The van der Waals surface area contributed by atoms with E-state index in [2.05, 4.69) is 0 Å². The number of carboxylic acids is 2. The quantitative estimate of drug-likeness (QED) is 0.569. The van der Waals surface area contributed by atoms with Crippen molar-refractivity contribution in [3.63, 3.8) is 0 Å². The highest BCUT2D eigenvalue weighted by atomic mass is 19.4. The molecule has 0 saturated heterocycles. The Bertz CT molecular complexity index is 285. The second-order valence-corrected chi connectivity index (χ2v) is 3.32. The van der Waals surface area contributed by atoms with Gasteiger partial charge in [-0.05, 0) is 12.8 Å². The minimum atomic E-state index is -5.71. The van der Waals surface area contributed by atoms with E-state index >= 15 is 0 Å². The number of carboxylic acid groups (broad SMARTS) is 2. The molecule has 0 radical (unpaired) electrons. The predicted molar refractivity (Wildman–Crippen MR) is 43.6 cm³/mol. The van der Waals surface area contributed by atoms with E-state index in [0.29, 0.717) is 0 Å². The standard InChI is InChI=1S/C8H9F5O4/c9-7(10,8(11,12)13)3-1-2-4(5(14)15)6(16)17/h4H,1-3H2,(H,14,15)(H,16,17). The molecule has 0 aromatic heterocycles. The lowest BCUT2D eigenvalue weighted by atomic mass is 10.0. The minimum absolute atomic E-state index is 0.781. The molecule has 0 rings (SSSR count). The van der Waals surface area contributed by atoms with Gasteiger partial charge < -0.3 is 10.2 Å². The third-order valence-electron chi connectivity index (χ3n) is 1.99. The van der Waals surface area contributed by atoms with Crippen molar-refractivity contribution >= 4 is 11.9 Å². The summed E-state index contributed by atoms with van der Waals surface area (Å²) in [6.07, 6.45) is -8.98. The predicted octanol–water partition coefficient (Wildman–Crippen LogP) is 2.14. The summed E-state index contributed by atoms with van der Waals surface area (Å²) >= 11 is 0. The summed E-state index contributed by atoms with van der Waals surface area (Å²) in [5.74, 6) is -10.5. The molecule has 0 aromatic rings. The van der Waals surface area contributed by atoms with Gasteiger partial charge in [-0.1, -0.05) is 0 Å². The van der Waals surface area contributed by atoms with Crippen molar-refractivity contribution in [2.75, 3.05) is 0 Å². The molecular formula is C8H9F5O4. The van der Waals surface area contributed by atoms with Crippen molar-refractivity contribution in [2.24, 2.45) is 5.92 Å². The zero-order valence-electron chi connectivity index (χ0n) is 8.30. The normalized spacial score (nSPS) is 12.8. The molecule has 0 heterocycles. The van der Waals surface area contributed by atoms with Crippen LogP contribution in [0, 0.1) is 5.92 Å². The molecule has 17 heavy (non-hydrogen) atoms. The number of hydrogen-bond donors (Lipinski definition) is 2. The maximum Gasteiger partial charge on any atom is 0.453 e. The first-order valence-electron chi connectivity index (χ1n) is 4.39. The number of halogens is 5. The monoisotopic (exact) mass is 264 g/mol. The number of carbonyl (C=O) groups is 2. The van der Waals surface area contributed by atoms with Crippen molar-refractivity contribution < 1.29 is 41.8 Å². The molecular weight excluding hydrogens is 255 g/mol. The summed E-state index contributed by atoms with van der Waals surface area (Å²) in [6.45, 7) is 0. The van der Waals surface area contributed by atoms with Gasteiger partial charge in [-0.3, -0.25) is 9.59 Å². The summed E-state index contributed by atoms with van der Waals surface area (Å²) in [5, 5.41) is 16.7. The van der Waals surface area contributed by atoms with Crippen LogP contribution in [0.4, 0.5) is 22.0 Å².